The average Bonchev–Trinajstić information content (AvgIpc) is 3.34. The highest BCUT2D eigenvalue weighted by Gasteiger charge is 2.54. The van der Waals surface area contributed by atoms with Gasteiger partial charge in [-0.3, -0.25) is 0 Å². The van der Waals surface area contributed by atoms with Crippen LogP contribution in [-0.2, 0) is 23.3 Å². The number of halogens is 1. The third kappa shape index (κ3) is 4.38. The lowest BCUT2D eigenvalue weighted by Gasteiger charge is -2.16. The second-order valence-electron chi connectivity index (χ2n) is 7.65. The van der Waals surface area contributed by atoms with Crippen molar-refractivity contribution in [3.63, 3.8) is 0 Å². The second kappa shape index (κ2) is 9.52. The van der Waals surface area contributed by atoms with Gasteiger partial charge >= 0.3 is 11.9 Å². The van der Waals surface area contributed by atoms with Crippen LogP contribution in [0.15, 0.2) is 53.1 Å². The summed E-state index contributed by atoms with van der Waals surface area (Å²) in [4.78, 5) is 21.7. The molecule has 9 heteroatoms. The number of benzene rings is 2. The van der Waals surface area contributed by atoms with Crippen molar-refractivity contribution in [3.05, 3.63) is 65.5 Å². The van der Waals surface area contributed by atoms with Crippen LogP contribution in [0.5, 0.6) is 5.75 Å². The number of ether oxygens (including phenoxy) is 1. The van der Waals surface area contributed by atoms with E-state index in [-0.39, 0.29) is 41.3 Å². The van der Waals surface area contributed by atoms with E-state index in [0.29, 0.717) is 5.82 Å². The maximum Gasteiger partial charge on any atom is 0.451 e. The van der Waals surface area contributed by atoms with Crippen molar-refractivity contribution in [2.75, 3.05) is 7.11 Å². The molecule has 2 N–H and O–H groups in total. The summed E-state index contributed by atoms with van der Waals surface area (Å²) in [5.74, 6) is 1.04. The standard InChI is InChI=1S/C23H24N4O4.BrH/c1-4-5-15-6-10-17(11-7-15)23(2)21(28)27(22(29)25-23)14-19-24-20(26-31-19)16-8-12-18(30-3)13-9-16;/h6-13H,4-5,14H2,1-3H3,(H,25,29);1H. The Morgan fingerprint density at radius 3 is 2.47 bits per heavy atom. The number of nitrogens with zero attached hydrogens (tertiary/aromatic N) is 3. The minimum Gasteiger partial charge on any atom is -1.00 e. The van der Waals surface area contributed by atoms with Crippen molar-refractivity contribution in [2.24, 2.45) is 0 Å². The van der Waals surface area contributed by atoms with Crippen molar-refractivity contribution >= 4 is 11.9 Å². The largest absolute Gasteiger partial charge is 1.00 e. The minimum atomic E-state index is -1.08. The van der Waals surface area contributed by atoms with Crippen molar-refractivity contribution in [2.45, 2.75) is 38.8 Å². The first-order valence-electron chi connectivity index (χ1n) is 10.2. The topological polar surface area (TPSA) is 103 Å². The Morgan fingerprint density at radius 2 is 1.84 bits per heavy atom. The van der Waals surface area contributed by atoms with Crippen LogP contribution >= 0.6 is 0 Å². The van der Waals surface area contributed by atoms with Crippen molar-refractivity contribution < 1.29 is 41.1 Å². The number of amidine groups is 1. The van der Waals surface area contributed by atoms with Crippen LogP contribution in [0.3, 0.4) is 0 Å². The fourth-order valence-electron chi connectivity index (χ4n) is 3.66. The first-order valence-corrected chi connectivity index (χ1v) is 10.2. The number of aliphatic hydroxyl groups is 1. The molecule has 0 radical (unpaired) electrons. The summed E-state index contributed by atoms with van der Waals surface area (Å²) in [6.45, 7) is 3.83. The van der Waals surface area contributed by atoms with Gasteiger partial charge in [0.25, 0.3) is 5.89 Å². The minimum absolute atomic E-state index is 0. The number of hydrogen-bond donors (Lipinski definition) is 2. The summed E-state index contributed by atoms with van der Waals surface area (Å²) in [6.07, 6.45) is 2.04. The molecule has 32 heavy (non-hydrogen) atoms. The van der Waals surface area contributed by atoms with E-state index < -0.39 is 5.54 Å². The van der Waals surface area contributed by atoms with Gasteiger partial charge < -0.3 is 31.3 Å². The Bertz CT molecular complexity index is 1110. The number of methoxy groups -OCH3 is 1. The van der Waals surface area contributed by atoms with Gasteiger partial charge in [-0.2, -0.15) is 4.98 Å². The fourth-order valence-corrected chi connectivity index (χ4v) is 3.66. The summed E-state index contributed by atoms with van der Waals surface area (Å²) in [5, 5.41) is 14.4. The van der Waals surface area contributed by atoms with Crippen LogP contribution in [0.4, 0.5) is 0 Å². The first-order chi connectivity index (χ1) is 14.9. The van der Waals surface area contributed by atoms with Crippen LogP contribution in [0, 0.1) is 0 Å². The Labute approximate surface area is 196 Å². The van der Waals surface area contributed by atoms with Gasteiger partial charge in [0.1, 0.15) is 5.75 Å². The van der Waals surface area contributed by atoms with Gasteiger partial charge in [0, 0.05) is 11.1 Å². The van der Waals surface area contributed by atoms with E-state index in [4.69, 9.17) is 9.26 Å². The normalized spacial score (nSPS) is 17.8. The van der Waals surface area contributed by atoms with Crippen molar-refractivity contribution in [3.8, 4) is 17.1 Å². The van der Waals surface area contributed by atoms with E-state index in [1.807, 2.05) is 36.4 Å². The summed E-state index contributed by atoms with van der Waals surface area (Å²) < 4.78 is 10.5. The Morgan fingerprint density at radius 1 is 1.16 bits per heavy atom. The number of carbonyl (C=O) groups is 1. The molecule has 2 heterocycles. The summed E-state index contributed by atoms with van der Waals surface area (Å²) >= 11 is 0. The molecule has 1 aromatic heterocycles. The third-order valence-electron chi connectivity index (χ3n) is 5.47. The zero-order valence-electron chi connectivity index (χ0n) is 18.1. The fraction of sp³-hybridized carbons (Fsp3) is 0.304. The lowest BCUT2D eigenvalue weighted by Crippen LogP contribution is -3.00. The number of aliphatic hydroxyl groups excluding tert-OH is 1. The molecule has 0 bridgehead atoms. The third-order valence-corrected chi connectivity index (χ3v) is 5.47. The van der Waals surface area contributed by atoms with E-state index in [1.165, 1.54) is 10.5 Å². The first kappa shape index (κ1) is 23.5. The lowest BCUT2D eigenvalue weighted by atomic mass is 9.91. The Hall–Kier alpha value is -3.20. The van der Waals surface area contributed by atoms with E-state index >= 15 is 0 Å². The average molecular weight is 501 g/mol. The highest BCUT2D eigenvalue weighted by atomic mass is 79.9. The number of aromatic nitrogens is 2. The van der Waals surface area contributed by atoms with E-state index in [9.17, 15) is 9.90 Å². The molecule has 1 unspecified atom stereocenters. The van der Waals surface area contributed by atoms with Gasteiger partial charge in [0.2, 0.25) is 11.4 Å². The molecule has 168 valence electrons. The summed E-state index contributed by atoms with van der Waals surface area (Å²) in [7, 11) is 1.60. The zero-order valence-corrected chi connectivity index (χ0v) is 19.7. The molecule has 0 saturated carbocycles. The van der Waals surface area contributed by atoms with Crippen LogP contribution in [-0.4, -0.2) is 39.2 Å². The van der Waals surface area contributed by atoms with Crippen molar-refractivity contribution in [1.82, 2.24) is 15.0 Å². The van der Waals surface area contributed by atoms with Crippen molar-refractivity contribution in [1.29, 1.82) is 0 Å². The van der Waals surface area contributed by atoms with Crippen LogP contribution in [0.2, 0.25) is 0 Å². The molecular formula is C23H25BrN4O4. The predicted molar refractivity (Wildman–Crippen MR) is 113 cm³/mol. The van der Waals surface area contributed by atoms with Gasteiger partial charge in [-0.25, -0.2) is 9.79 Å². The molecule has 3 aromatic rings. The molecule has 0 fully saturated rings. The second-order valence-corrected chi connectivity index (χ2v) is 7.65. The van der Waals surface area contributed by atoms with E-state index in [1.54, 1.807) is 26.2 Å². The molecule has 0 aliphatic carbocycles. The molecule has 1 aliphatic heterocycles. The van der Waals surface area contributed by atoms with E-state index in [2.05, 4.69) is 22.1 Å². The van der Waals surface area contributed by atoms with Crippen LogP contribution < -0.4 is 26.7 Å². The number of amides is 1. The number of hydrogen-bond acceptors (Lipinski definition) is 5. The molecule has 1 aliphatic rings. The number of rotatable bonds is 7. The summed E-state index contributed by atoms with van der Waals surface area (Å²) in [6, 6.07) is 14.9. The Balaban J connectivity index is 0.00000289. The van der Waals surface area contributed by atoms with Crippen LogP contribution in [0.1, 0.15) is 37.3 Å². The van der Waals surface area contributed by atoms with Gasteiger partial charge in [-0.1, -0.05) is 42.8 Å². The highest BCUT2D eigenvalue weighted by Crippen LogP contribution is 2.24. The van der Waals surface area contributed by atoms with Gasteiger partial charge in [-0.05, 0) is 43.2 Å². The number of carbonyl (C=O) groups excluding carboxylic acids is 1. The Kier molecular flexibility index (Phi) is 6.98. The molecule has 1 atom stereocenters. The number of nitrogens with one attached hydrogen (secondary N) is 1. The smallest absolute Gasteiger partial charge is 0.451 e. The van der Waals surface area contributed by atoms with Gasteiger partial charge in [-0.15, -0.1) is 4.90 Å². The van der Waals surface area contributed by atoms with Gasteiger partial charge in [0.05, 0.1) is 7.11 Å². The van der Waals surface area contributed by atoms with Gasteiger partial charge in [0.15, 0.2) is 6.54 Å². The quantitative estimate of drug-likeness (QED) is 0.429. The number of aryl methyl sites for hydroxylation is 1. The molecule has 1 amide bonds. The zero-order chi connectivity index (χ0) is 22.0. The van der Waals surface area contributed by atoms with E-state index in [0.717, 1.165) is 29.7 Å². The highest BCUT2D eigenvalue weighted by molar-refractivity contribution is 5.99. The predicted octanol–water partition coefficient (Wildman–Crippen LogP) is -1.05. The maximum absolute atomic E-state index is 13.2. The molecule has 4 rings (SSSR count). The molecular weight excluding hydrogens is 476 g/mol. The maximum atomic E-state index is 13.2. The summed E-state index contributed by atoms with van der Waals surface area (Å²) in [5.41, 5.74) is 1.67. The molecule has 0 saturated heterocycles. The monoisotopic (exact) mass is 500 g/mol. The lowest BCUT2D eigenvalue weighted by molar-refractivity contribution is -0.540. The molecule has 8 nitrogen and oxygen atoms in total. The SMILES string of the molecule is CCCc1ccc(C2(C)[NH+]=C(O)N(Cc3nc(-c4ccc(OC)cc4)no3)C2=O)cc1.[Br-]. The molecule has 2 aromatic carbocycles. The van der Waals surface area contributed by atoms with Crippen LogP contribution in [0.25, 0.3) is 11.4 Å². The molecule has 0 spiro atoms.